The Kier molecular flexibility index (Phi) is 8.65. The number of para-hydroxylation sites is 1. The SMILES string of the molecule is C[C@H](NC(=O)Cc1cc(F)cc(F)c1)C(=O)N(C(=O)CNC1CCCCC1)c1ccccc1. The first-order valence-electron chi connectivity index (χ1n) is 11.2. The first kappa shape index (κ1) is 24.5. The van der Waals surface area contributed by atoms with Crippen LogP contribution < -0.4 is 15.5 Å². The van der Waals surface area contributed by atoms with Gasteiger partial charge in [0.1, 0.15) is 17.7 Å². The average Bonchev–Trinajstić information content (AvgIpc) is 2.78. The third-order valence-corrected chi connectivity index (χ3v) is 5.67. The fourth-order valence-electron chi connectivity index (χ4n) is 4.03. The normalized spacial score (nSPS) is 15.0. The van der Waals surface area contributed by atoms with Crippen LogP contribution in [0.5, 0.6) is 0 Å². The minimum Gasteiger partial charge on any atom is -0.344 e. The van der Waals surface area contributed by atoms with E-state index in [9.17, 15) is 23.2 Å². The van der Waals surface area contributed by atoms with Crippen molar-refractivity contribution in [3.63, 3.8) is 0 Å². The maximum Gasteiger partial charge on any atom is 0.256 e. The molecule has 0 spiro atoms. The number of benzene rings is 2. The second-order valence-corrected chi connectivity index (χ2v) is 8.36. The number of rotatable bonds is 8. The second kappa shape index (κ2) is 11.7. The fraction of sp³-hybridized carbons (Fsp3) is 0.400. The molecule has 176 valence electrons. The number of amides is 3. The lowest BCUT2D eigenvalue weighted by molar-refractivity contribution is -0.130. The van der Waals surface area contributed by atoms with Gasteiger partial charge in [0.2, 0.25) is 11.8 Å². The maximum atomic E-state index is 13.4. The van der Waals surface area contributed by atoms with Gasteiger partial charge < -0.3 is 10.6 Å². The maximum absolute atomic E-state index is 13.4. The van der Waals surface area contributed by atoms with Gasteiger partial charge in [0.15, 0.2) is 0 Å². The van der Waals surface area contributed by atoms with Gasteiger partial charge >= 0.3 is 0 Å². The zero-order valence-corrected chi connectivity index (χ0v) is 18.7. The van der Waals surface area contributed by atoms with Crippen LogP contribution in [-0.4, -0.2) is 36.3 Å². The lowest BCUT2D eigenvalue weighted by Gasteiger charge is -2.27. The predicted molar refractivity (Wildman–Crippen MR) is 121 cm³/mol. The summed E-state index contributed by atoms with van der Waals surface area (Å²) in [5, 5.41) is 5.78. The first-order chi connectivity index (χ1) is 15.8. The molecule has 1 saturated carbocycles. The first-order valence-corrected chi connectivity index (χ1v) is 11.2. The third kappa shape index (κ3) is 7.18. The summed E-state index contributed by atoms with van der Waals surface area (Å²) in [7, 11) is 0. The van der Waals surface area contributed by atoms with Crippen molar-refractivity contribution in [2.75, 3.05) is 11.4 Å². The molecule has 6 nitrogen and oxygen atoms in total. The number of imide groups is 1. The van der Waals surface area contributed by atoms with Crippen molar-refractivity contribution < 1.29 is 23.2 Å². The molecule has 2 aromatic carbocycles. The molecule has 0 unspecified atom stereocenters. The van der Waals surface area contributed by atoms with Gasteiger partial charge in [-0.15, -0.1) is 0 Å². The van der Waals surface area contributed by atoms with Crippen molar-refractivity contribution in [3.05, 3.63) is 65.7 Å². The molecule has 0 bridgehead atoms. The van der Waals surface area contributed by atoms with E-state index in [0.717, 1.165) is 48.8 Å². The smallest absolute Gasteiger partial charge is 0.256 e. The van der Waals surface area contributed by atoms with Crippen LogP contribution in [0.15, 0.2) is 48.5 Å². The number of hydrogen-bond acceptors (Lipinski definition) is 4. The van der Waals surface area contributed by atoms with Crippen LogP contribution in [0.1, 0.15) is 44.6 Å². The van der Waals surface area contributed by atoms with Crippen molar-refractivity contribution in [3.8, 4) is 0 Å². The van der Waals surface area contributed by atoms with Crippen molar-refractivity contribution in [2.45, 2.75) is 57.5 Å². The molecule has 0 aliphatic heterocycles. The van der Waals surface area contributed by atoms with Gasteiger partial charge in [0.05, 0.1) is 18.7 Å². The summed E-state index contributed by atoms with van der Waals surface area (Å²) >= 11 is 0. The van der Waals surface area contributed by atoms with Crippen molar-refractivity contribution in [1.82, 2.24) is 10.6 Å². The Balaban J connectivity index is 1.66. The molecule has 2 N–H and O–H groups in total. The Morgan fingerprint density at radius 3 is 2.27 bits per heavy atom. The summed E-state index contributed by atoms with van der Waals surface area (Å²) in [6, 6.07) is 10.6. The van der Waals surface area contributed by atoms with Crippen LogP contribution >= 0.6 is 0 Å². The molecule has 2 aromatic rings. The molecule has 0 saturated heterocycles. The molecular formula is C25H29F2N3O3. The summed E-state index contributed by atoms with van der Waals surface area (Å²) in [5.41, 5.74) is 0.559. The Labute approximate surface area is 192 Å². The number of carbonyl (C=O) groups excluding carboxylic acids is 3. The molecule has 1 fully saturated rings. The van der Waals surface area contributed by atoms with Crippen molar-refractivity contribution in [1.29, 1.82) is 0 Å². The van der Waals surface area contributed by atoms with E-state index >= 15 is 0 Å². The number of nitrogens with zero attached hydrogens (tertiary/aromatic N) is 1. The molecule has 0 radical (unpaired) electrons. The van der Waals surface area contributed by atoms with Gasteiger partial charge in [-0.1, -0.05) is 37.5 Å². The van der Waals surface area contributed by atoms with Gasteiger partial charge in [-0.05, 0) is 49.6 Å². The Morgan fingerprint density at radius 2 is 1.64 bits per heavy atom. The summed E-state index contributed by atoms with van der Waals surface area (Å²) in [6.45, 7) is 1.48. The van der Waals surface area contributed by atoms with Crippen LogP contribution in [0, 0.1) is 11.6 Å². The summed E-state index contributed by atoms with van der Waals surface area (Å²) < 4.78 is 26.8. The number of carbonyl (C=O) groups is 3. The van der Waals surface area contributed by atoms with Crippen LogP contribution in [0.4, 0.5) is 14.5 Å². The summed E-state index contributed by atoms with van der Waals surface area (Å²) in [4.78, 5) is 39.7. The molecule has 3 rings (SSSR count). The van der Waals surface area contributed by atoms with Gasteiger partial charge in [-0.2, -0.15) is 0 Å². The highest BCUT2D eigenvalue weighted by molar-refractivity contribution is 6.17. The Bertz CT molecular complexity index is 958. The van der Waals surface area contributed by atoms with Crippen molar-refractivity contribution >= 4 is 23.4 Å². The van der Waals surface area contributed by atoms with Gasteiger partial charge in [-0.25, -0.2) is 13.7 Å². The second-order valence-electron chi connectivity index (χ2n) is 8.36. The minimum absolute atomic E-state index is 0.00847. The highest BCUT2D eigenvalue weighted by atomic mass is 19.1. The van der Waals surface area contributed by atoms with E-state index < -0.39 is 35.4 Å². The average molecular weight is 458 g/mol. The number of anilines is 1. The van der Waals surface area contributed by atoms with Crippen LogP contribution in [0.3, 0.4) is 0 Å². The summed E-state index contributed by atoms with van der Waals surface area (Å²) in [5.74, 6) is -3.15. The standard InChI is InChI=1S/C25H29F2N3O3/c1-17(29-23(31)14-18-12-19(26)15-20(27)13-18)25(33)30(22-10-6-3-7-11-22)24(32)16-28-21-8-4-2-5-9-21/h3,6-7,10-13,15,17,21,28H,2,4-5,8-9,14,16H2,1H3,(H,29,31)/t17-/m0/s1. The number of halogens is 2. The topological polar surface area (TPSA) is 78.5 Å². The van der Waals surface area contributed by atoms with E-state index in [2.05, 4.69) is 10.6 Å². The molecule has 0 aromatic heterocycles. The molecule has 8 heteroatoms. The minimum atomic E-state index is -1.02. The van der Waals surface area contributed by atoms with Crippen LogP contribution in [0.25, 0.3) is 0 Å². The summed E-state index contributed by atoms with van der Waals surface area (Å²) in [6.07, 6.45) is 5.13. The van der Waals surface area contributed by atoms with Crippen molar-refractivity contribution in [2.24, 2.45) is 0 Å². The molecule has 1 atom stereocenters. The lowest BCUT2D eigenvalue weighted by atomic mass is 9.95. The third-order valence-electron chi connectivity index (χ3n) is 5.67. The molecule has 33 heavy (non-hydrogen) atoms. The van der Waals surface area contributed by atoms with E-state index in [4.69, 9.17) is 0 Å². The van der Waals surface area contributed by atoms with E-state index in [1.807, 2.05) is 0 Å². The van der Waals surface area contributed by atoms with E-state index in [-0.39, 0.29) is 24.6 Å². The van der Waals surface area contributed by atoms with E-state index in [1.54, 1.807) is 30.3 Å². The Hall–Kier alpha value is -3.13. The molecule has 0 heterocycles. The van der Waals surface area contributed by atoms with E-state index in [1.165, 1.54) is 13.3 Å². The van der Waals surface area contributed by atoms with Crippen LogP contribution in [-0.2, 0) is 20.8 Å². The molecule has 1 aliphatic rings. The lowest BCUT2D eigenvalue weighted by Crippen LogP contribution is -2.52. The highest BCUT2D eigenvalue weighted by Crippen LogP contribution is 2.18. The van der Waals surface area contributed by atoms with Gasteiger partial charge in [0, 0.05) is 12.1 Å². The largest absolute Gasteiger partial charge is 0.344 e. The monoisotopic (exact) mass is 457 g/mol. The zero-order valence-electron chi connectivity index (χ0n) is 18.7. The molecular weight excluding hydrogens is 428 g/mol. The quantitative estimate of drug-likeness (QED) is 0.636. The molecule has 3 amide bonds. The zero-order chi connectivity index (χ0) is 23.8. The van der Waals surface area contributed by atoms with Gasteiger partial charge in [-0.3, -0.25) is 14.4 Å². The fourth-order valence-corrected chi connectivity index (χ4v) is 4.03. The van der Waals surface area contributed by atoms with Gasteiger partial charge in [0.25, 0.3) is 5.91 Å². The number of hydrogen-bond donors (Lipinski definition) is 2. The highest BCUT2D eigenvalue weighted by Gasteiger charge is 2.29. The van der Waals surface area contributed by atoms with E-state index in [0.29, 0.717) is 5.69 Å². The number of nitrogens with one attached hydrogen (secondary N) is 2. The van der Waals surface area contributed by atoms with Crippen LogP contribution in [0.2, 0.25) is 0 Å². The predicted octanol–water partition coefficient (Wildman–Crippen LogP) is 3.49. The molecule has 1 aliphatic carbocycles. The Morgan fingerprint density at radius 1 is 1.00 bits per heavy atom.